The van der Waals surface area contributed by atoms with Gasteiger partial charge < -0.3 is 21.1 Å². The van der Waals surface area contributed by atoms with Crippen molar-refractivity contribution >= 4 is 17.9 Å². The second-order valence-electron chi connectivity index (χ2n) is 6.23. The molecule has 1 aliphatic heterocycles. The number of carboxylic acids is 1. The average molecular weight is 297 g/mol. The minimum absolute atomic E-state index is 0.00896. The van der Waals surface area contributed by atoms with Crippen LogP contribution in [0.3, 0.4) is 0 Å². The molecule has 3 unspecified atom stereocenters. The van der Waals surface area contributed by atoms with Crippen molar-refractivity contribution in [3.05, 3.63) is 0 Å². The average Bonchev–Trinajstić information content (AvgIpc) is 2.82. The van der Waals surface area contributed by atoms with Crippen molar-refractivity contribution in [2.45, 2.75) is 57.0 Å². The summed E-state index contributed by atoms with van der Waals surface area (Å²) in [6.07, 6.45) is 3.87. The molecule has 0 aromatic carbocycles. The number of hydrogen-bond acceptors (Lipinski definition) is 3. The minimum Gasteiger partial charge on any atom is -0.480 e. The Balaban J connectivity index is 1.86. The number of carboxylic acid groups (broad SMARTS) is 1. The smallest absolute Gasteiger partial charge is 0.329 e. The quantitative estimate of drug-likeness (QED) is 0.609. The fourth-order valence-corrected chi connectivity index (χ4v) is 3.22. The zero-order valence-corrected chi connectivity index (χ0v) is 12.3. The third kappa shape index (κ3) is 3.86. The van der Waals surface area contributed by atoms with Crippen LogP contribution in [0.25, 0.3) is 0 Å². The molecule has 1 saturated heterocycles. The first kappa shape index (κ1) is 15.6. The Morgan fingerprint density at radius 1 is 1.43 bits per heavy atom. The molecule has 2 rings (SSSR count). The molecule has 0 bridgehead atoms. The molecule has 1 saturated carbocycles. The van der Waals surface area contributed by atoms with Crippen LogP contribution in [-0.2, 0) is 9.59 Å². The number of amides is 3. The maximum atomic E-state index is 12.0. The van der Waals surface area contributed by atoms with Gasteiger partial charge in [0.15, 0.2) is 0 Å². The molecule has 0 aromatic rings. The lowest BCUT2D eigenvalue weighted by atomic mass is 9.76. The van der Waals surface area contributed by atoms with E-state index in [1.54, 1.807) is 0 Å². The number of carbonyl (C=O) groups excluding carboxylic acids is 2. The molecule has 0 aromatic heterocycles. The summed E-state index contributed by atoms with van der Waals surface area (Å²) in [5.41, 5.74) is -1.17. The second-order valence-corrected chi connectivity index (χ2v) is 6.23. The molecule has 4 N–H and O–H groups in total. The van der Waals surface area contributed by atoms with E-state index in [2.05, 4.69) is 16.0 Å². The van der Waals surface area contributed by atoms with Crippen LogP contribution in [0.5, 0.6) is 0 Å². The first-order valence-electron chi connectivity index (χ1n) is 7.50. The van der Waals surface area contributed by atoms with Crippen LogP contribution in [0.15, 0.2) is 0 Å². The van der Waals surface area contributed by atoms with Gasteiger partial charge in [-0.1, -0.05) is 19.8 Å². The maximum Gasteiger partial charge on any atom is 0.329 e. The second kappa shape index (κ2) is 6.32. The molecule has 1 aliphatic carbocycles. The highest BCUT2D eigenvalue weighted by Gasteiger charge is 2.43. The van der Waals surface area contributed by atoms with Gasteiger partial charge in [0.05, 0.1) is 0 Å². The predicted octanol–water partition coefficient (Wildman–Crippen LogP) is 0.598. The highest BCUT2D eigenvalue weighted by molar-refractivity contribution is 5.86. The summed E-state index contributed by atoms with van der Waals surface area (Å²) in [6.45, 7) is 2.33. The lowest BCUT2D eigenvalue weighted by Gasteiger charge is -2.37. The lowest BCUT2D eigenvalue weighted by Crippen LogP contribution is -2.59. The summed E-state index contributed by atoms with van der Waals surface area (Å²) >= 11 is 0. The molecule has 21 heavy (non-hydrogen) atoms. The molecule has 2 fully saturated rings. The SMILES string of the molecule is CC1CCCC(NC(=O)NCC2CCC(=O)N2)(C(=O)O)C1. The van der Waals surface area contributed by atoms with Gasteiger partial charge in [-0.05, 0) is 25.2 Å². The van der Waals surface area contributed by atoms with E-state index in [4.69, 9.17) is 0 Å². The molecule has 1 heterocycles. The van der Waals surface area contributed by atoms with Gasteiger partial charge >= 0.3 is 12.0 Å². The summed E-state index contributed by atoms with van der Waals surface area (Å²) in [6, 6.07) is -0.540. The standard InChI is InChI=1S/C14H23N3O4/c1-9-3-2-6-14(7-9,12(19)20)17-13(21)15-8-10-4-5-11(18)16-10/h9-10H,2-8H2,1H3,(H,16,18)(H,19,20)(H2,15,17,21). The molecule has 2 aliphatic rings. The molecular weight excluding hydrogens is 274 g/mol. The fraction of sp³-hybridized carbons (Fsp3) is 0.786. The summed E-state index contributed by atoms with van der Waals surface area (Å²) in [5.74, 6) is -0.701. The number of nitrogens with one attached hydrogen (secondary N) is 3. The highest BCUT2D eigenvalue weighted by Crippen LogP contribution is 2.32. The summed E-state index contributed by atoms with van der Waals surface area (Å²) < 4.78 is 0. The van der Waals surface area contributed by atoms with Crippen molar-refractivity contribution in [2.75, 3.05) is 6.54 Å². The van der Waals surface area contributed by atoms with Gasteiger partial charge in [-0.3, -0.25) is 4.79 Å². The van der Waals surface area contributed by atoms with Gasteiger partial charge in [0, 0.05) is 19.0 Å². The van der Waals surface area contributed by atoms with Crippen molar-refractivity contribution in [2.24, 2.45) is 5.92 Å². The third-order valence-electron chi connectivity index (χ3n) is 4.35. The lowest BCUT2D eigenvalue weighted by molar-refractivity contribution is -0.146. The number of hydrogen-bond donors (Lipinski definition) is 4. The van der Waals surface area contributed by atoms with Crippen molar-refractivity contribution in [3.63, 3.8) is 0 Å². The Morgan fingerprint density at radius 2 is 2.19 bits per heavy atom. The van der Waals surface area contributed by atoms with E-state index in [0.717, 1.165) is 12.8 Å². The first-order chi connectivity index (χ1) is 9.91. The van der Waals surface area contributed by atoms with E-state index in [1.165, 1.54) is 0 Å². The molecule has 3 atom stereocenters. The van der Waals surface area contributed by atoms with Crippen molar-refractivity contribution in [3.8, 4) is 0 Å². The van der Waals surface area contributed by atoms with Crippen molar-refractivity contribution < 1.29 is 19.5 Å². The molecule has 7 heteroatoms. The van der Waals surface area contributed by atoms with Gasteiger partial charge in [-0.15, -0.1) is 0 Å². The Bertz CT molecular complexity index is 440. The van der Waals surface area contributed by atoms with Crippen LogP contribution in [-0.4, -0.2) is 41.1 Å². The Labute approximate surface area is 123 Å². The van der Waals surface area contributed by atoms with E-state index >= 15 is 0 Å². The van der Waals surface area contributed by atoms with Gasteiger partial charge in [-0.25, -0.2) is 9.59 Å². The Hall–Kier alpha value is -1.79. The molecule has 7 nitrogen and oxygen atoms in total. The maximum absolute atomic E-state index is 12.0. The zero-order valence-electron chi connectivity index (χ0n) is 12.3. The minimum atomic E-state index is -1.17. The third-order valence-corrected chi connectivity index (χ3v) is 4.35. The van der Waals surface area contributed by atoms with Gasteiger partial charge in [0.25, 0.3) is 0 Å². The van der Waals surface area contributed by atoms with Crippen LogP contribution in [0, 0.1) is 5.92 Å². The van der Waals surface area contributed by atoms with E-state index in [1.807, 2.05) is 6.92 Å². The number of aliphatic carboxylic acids is 1. The molecule has 0 spiro atoms. The molecule has 3 amide bonds. The van der Waals surface area contributed by atoms with Crippen LogP contribution in [0.2, 0.25) is 0 Å². The monoisotopic (exact) mass is 297 g/mol. The largest absolute Gasteiger partial charge is 0.480 e. The van der Waals surface area contributed by atoms with Crippen LogP contribution in [0.4, 0.5) is 4.79 Å². The Kier molecular flexibility index (Phi) is 4.69. The Morgan fingerprint density at radius 3 is 2.76 bits per heavy atom. The van der Waals surface area contributed by atoms with Crippen molar-refractivity contribution in [1.29, 1.82) is 0 Å². The molecule has 118 valence electrons. The van der Waals surface area contributed by atoms with Gasteiger partial charge in [0.2, 0.25) is 5.91 Å². The number of rotatable bonds is 4. The number of carbonyl (C=O) groups is 3. The van der Waals surface area contributed by atoms with Gasteiger partial charge in [-0.2, -0.15) is 0 Å². The van der Waals surface area contributed by atoms with Crippen LogP contribution >= 0.6 is 0 Å². The first-order valence-corrected chi connectivity index (χ1v) is 7.50. The van der Waals surface area contributed by atoms with E-state index in [0.29, 0.717) is 32.2 Å². The van der Waals surface area contributed by atoms with Crippen LogP contribution in [0.1, 0.15) is 45.4 Å². The summed E-state index contributed by atoms with van der Waals surface area (Å²) in [7, 11) is 0. The fourth-order valence-electron chi connectivity index (χ4n) is 3.22. The highest BCUT2D eigenvalue weighted by atomic mass is 16.4. The van der Waals surface area contributed by atoms with Gasteiger partial charge in [0.1, 0.15) is 5.54 Å². The van der Waals surface area contributed by atoms with E-state index in [9.17, 15) is 19.5 Å². The summed E-state index contributed by atoms with van der Waals surface area (Å²) in [4.78, 5) is 34.6. The van der Waals surface area contributed by atoms with Crippen LogP contribution < -0.4 is 16.0 Å². The normalized spacial score (nSPS) is 32.3. The van der Waals surface area contributed by atoms with E-state index in [-0.39, 0.29) is 17.9 Å². The van der Waals surface area contributed by atoms with E-state index < -0.39 is 17.5 Å². The summed E-state index contributed by atoms with van der Waals surface area (Å²) in [5, 5.41) is 17.5. The molecular formula is C14H23N3O4. The van der Waals surface area contributed by atoms with Crippen molar-refractivity contribution in [1.82, 2.24) is 16.0 Å². The molecule has 0 radical (unpaired) electrons. The number of urea groups is 1. The topological polar surface area (TPSA) is 108 Å². The zero-order chi connectivity index (χ0) is 15.5. The predicted molar refractivity (Wildman–Crippen MR) is 75.7 cm³/mol.